The van der Waals surface area contributed by atoms with Crippen molar-refractivity contribution in [3.05, 3.63) is 97.1 Å². The summed E-state index contributed by atoms with van der Waals surface area (Å²) in [7, 11) is 0. The molecule has 6 aromatic carbocycles. The van der Waals surface area contributed by atoms with Crippen molar-refractivity contribution >= 4 is 76.6 Å². The molecule has 0 radical (unpaired) electrons. The lowest BCUT2D eigenvalue weighted by Crippen LogP contribution is -1.87. The summed E-state index contributed by atoms with van der Waals surface area (Å²) < 4.78 is 19.1. The first-order valence-corrected chi connectivity index (χ1v) is 12.5. The van der Waals surface area contributed by atoms with E-state index in [-0.39, 0.29) is 0 Å². The second-order valence-corrected chi connectivity index (χ2v) is 10.0. The second-order valence-electron chi connectivity index (χ2n) is 10.0. The minimum atomic E-state index is 0.895. The molecular formula is C34H16O3. The normalized spacial score (nSPS) is 12.9. The Labute approximate surface area is 209 Å². The topological polar surface area (TPSA) is 39.4 Å². The molecule has 1 aliphatic carbocycles. The molecule has 0 spiro atoms. The SMILES string of the molecule is c1ccc2c(c1)oc1cc(-c3ccc4oc5ccc6ccc7oc8cccc9c8c7c6c5c4c3-9)ccc12. The highest BCUT2D eigenvalue weighted by Gasteiger charge is 2.27. The molecule has 37 heavy (non-hydrogen) atoms. The molecule has 3 aromatic heterocycles. The van der Waals surface area contributed by atoms with Crippen LogP contribution in [0.1, 0.15) is 0 Å². The van der Waals surface area contributed by atoms with Crippen molar-refractivity contribution in [3.63, 3.8) is 0 Å². The maximum absolute atomic E-state index is 6.44. The Morgan fingerprint density at radius 2 is 1.05 bits per heavy atom. The molecule has 10 rings (SSSR count). The van der Waals surface area contributed by atoms with Gasteiger partial charge in [0.2, 0.25) is 0 Å². The first kappa shape index (κ1) is 18.3. The molecular weight excluding hydrogens is 456 g/mol. The van der Waals surface area contributed by atoms with Crippen molar-refractivity contribution in [2.45, 2.75) is 0 Å². The van der Waals surface area contributed by atoms with Crippen molar-refractivity contribution in [1.82, 2.24) is 0 Å². The van der Waals surface area contributed by atoms with Gasteiger partial charge in [0.1, 0.15) is 33.5 Å². The number of fused-ring (bicyclic) bond motifs is 4. The third-order valence-electron chi connectivity index (χ3n) is 8.20. The molecule has 3 nitrogen and oxygen atoms in total. The monoisotopic (exact) mass is 472 g/mol. The quantitative estimate of drug-likeness (QED) is 0.239. The first-order valence-electron chi connectivity index (χ1n) is 12.5. The molecule has 3 heteroatoms. The molecule has 0 fully saturated rings. The van der Waals surface area contributed by atoms with Gasteiger partial charge in [0.05, 0.1) is 0 Å². The highest BCUT2D eigenvalue weighted by molar-refractivity contribution is 6.37. The Bertz CT molecular complexity index is 2460. The van der Waals surface area contributed by atoms with Crippen molar-refractivity contribution in [1.29, 1.82) is 0 Å². The molecule has 9 aromatic rings. The summed E-state index contributed by atoms with van der Waals surface area (Å²) in [6, 6.07) is 34.0. The molecule has 0 atom stereocenters. The lowest BCUT2D eigenvalue weighted by molar-refractivity contribution is 0.668. The van der Waals surface area contributed by atoms with Crippen molar-refractivity contribution in [3.8, 4) is 22.3 Å². The smallest absolute Gasteiger partial charge is 0.136 e. The average Bonchev–Trinajstić information content (AvgIpc) is 3.59. The Balaban J connectivity index is 1.43. The molecule has 0 saturated carbocycles. The van der Waals surface area contributed by atoms with E-state index in [0.717, 1.165) is 55.4 Å². The molecule has 0 aliphatic heterocycles. The summed E-state index contributed by atoms with van der Waals surface area (Å²) in [6.45, 7) is 0. The molecule has 3 heterocycles. The summed E-state index contributed by atoms with van der Waals surface area (Å²) in [5, 5.41) is 9.36. The molecule has 170 valence electrons. The van der Waals surface area contributed by atoms with E-state index in [2.05, 4.69) is 84.9 Å². The lowest BCUT2D eigenvalue weighted by atomic mass is 9.90. The van der Waals surface area contributed by atoms with Crippen LogP contribution in [0.4, 0.5) is 0 Å². The van der Waals surface area contributed by atoms with E-state index in [0.29, 0.717) is 0 Å². The second kappa shape index (κ2) is 6.03. The van der Waals surface area contributed by atoms with Crippen LogP contribution in [0, 0.1) is 0 Å². The highest BCUT2D eigenvalue weighted by Crippen LogP contribution is 2.52. The summed E-state index contributed by atoms with van der Waals surface area (Å²) in [4.78, 5) is 0. The Kier molecular flexibility index (Phi) is 2.98. The van der Waals surface area contributed by atoms with Gasteiger partial charge < -0.3 is 13.3 Å². The van der Waals surface area contributed by atoms with Gasteiger partial charge >= 0.3 is 0 Å². The predicted molar refractivity (Wildman–Crippen MR) is 150 cm³/mol. The van der Waals surface area contributed by atoms with Gasteiger partial charge in [-0.2, -0.15) is 0 Å². The number of rotatable bonds is 1. The third-order valence-corrected chi connectivity index (χ3v) is 8.20. The third kappa shape index (κ3) is 2.07. The van der Waals surface area contributed by atoms with Crippen LogP contribution in [0.15, 0.2) is 110 Å². The predicted octanol–water partition coefficient (Wildman–Crippen LogP) is 10.2. The zero-order valence-corrected chi connectivity index (χ0v) is 19.5. The highest BCUT2D eigenvalue weighted by atomic mass is 16.3. The van der Waals surface area contributed by atoms with Crippen LogP contribution in [0.2, 0.25) is 0 Å². The van der Waals surface area contributed by atoms with Crippen LogP contribution < -0.4 is 0 Å². The van der Waals surface area contributed by atoms with E-state index in [1.807, 2.05) is 12.1 Å². The zero-order valence-electron chi connectivity index (χ0n) is 19.5. The van der Waals surface area contributed by atoms with Gasteiger partial charge in [0.25, 0.3) is 0 Å². The molecule has 1 aliphatic rings. The van der Waals surface area contributed by atoms with E-state index in [1.165, 1.54) is 43.4 Å². The molecule has 0 N–H and O–H groups in total. The lowest BCUT2D eigenvalue weighted by Gasteiger charge is -2.12. The minimum Gasteiger partial charge on any atom is -0.456 e. The van der Waals surface area contributed by atoms with Gasteiger partial charge in [-0.3, -0.25) is 0 Å². The van der Waals surface area contributed by atoms with E-state index >= 15 is 0 Å². The summed E-state index contributed by atoms with van der Waals surface area (Å²) in [5.74, 6) is 0. The van der Waals surface area contributed by atoms with Crippen LogP contribution in [0.25, 0.3) is 98.8 Å². The van der Waals surface area contributed by atoms with Crippen LogP contribution >= 0.6 is 0 Å². The van der Waals surface area contributed by atoms with Crippen LogP contribution in [-0.4, -0.2) is 0 Å². The fourth-order valence-corrected chi connectivity index (χ4v) is 6.70. The zero-order chi connectivity index (χ0) is 23.8. The maximum Gasteiger partial charge on any atom is 0.136 e. The van der Waals surface area contributed by atoms with Crippen molar-refractivity contribution in [2.75, 3.05) is 0 Å². The summed E-state index contributed by atoms with van der Waals surface area (Å²) in [6.07, 6.45) is 0. The molecule has 0 saturated heterocycles. The van der Waals surface area contributed by atoms with Crippen LogP contribution in [0.3, 0.4) is 0 Å². The summed E-state index contributed by atoms with van der Waals surface area (Å²) in [5.41, 5.74) is 10.1. The maximum atomic E-state index is 6.44. The number of furan rings is 3. The molecule has 0 bridgehead atoms. The van der Waals surface area contributed by atoms with E-state index in [4.69, 9.17) is 13.3 Å². The standard InChI is InChI=1S/C34H16O3/c1-2-6-23-20(4-1)21-11-8-18(16-28(21)35-23)19-12-15-27-34-30(19)22-5-3-7-24-31(22)32-25(36-24)13-9-17-10-14-26(37-27)33(34)29(17)32/h1-16H. The first-order chi connectivity index (χ1) is 18.3. The van der Waals surface area contributed by atoms with Gasteiger partial charge in [0, 0.05) is 43.3 Å². The van der Waals surface area contributed by atoms with Gasteiger partial charge in [0.15, 0.2) is 0 Å². The molecule has 0 amide bonds. The van der Waals surface area contributed by atoms with Gasteiger partial charge in [-0.05, 0) is 64.5 Å². The minimum absolute atomic E-state index is 0.895. The fourth-order valence-electron chi connectivity index (χ4n) is 6.70. The number of hydrogen-bond acceptors (Lipinski definition) is 3. The van der Waals surface area contributed by atoms with Crippen LogP contribution in [0.5, 0.6) is 0 Å². The Morgan fingerprint density at radius 3 is 1.95 bits per heavy atom. The number of hydrogen-bond donors (Lipinski definition) is 0. The van der Waals surface area contributed by atoms with E-state index < -0.39 is 0 Å². The summed E-state index contributed by atoms with van der Waals surface area (Å²) >= 11 is 0. The van der Waals surface area contributed by atoms with Gasteiger partial charge in [-0.15, -0.1) is 0 Å². The van der Waals surface area contributed by atoms with Crippen molar-refractivity contribution < 1.29 is 13.3 Å². The average molecular weight is 472 g/mol. The number of para-hydroxylation sites is 1. The Morgan fingerprint density at radius 1 is 0.378 bits per heavy atom. The Hall–Kier alpha value is -5.02. The van der Waals surface area contributed by atoms with Crippen LogP contribution in [-0.2, 0) is 0 Å². The van der Waals surface area contributed by atoms with E-state index in [1.54, 1.807) is 0 Å². The van der Waals surface area contributed by atoms with E-state index in [9.17, 15) is 0 Å². The van der Waals surface area contributed by atoms with Gasteiger partial charge in [-0.1, -0.05) is 54.6 Å². The molecule has 0 unspecified atom stereocenters. The van der Waals surface area contributed by atoms with Gasteiger partial charge in [-0.25, -0.2) is 0 Å². The largest absolute Gasteiger partial charge is 0.456 e. The fraction of sp³-hybridized carbons (Fsp3) is 0. The van der Waals surface area contributed by atoms with Crippen molar-refractivity contribution in [2.24, 2.45) is 0 Å². The number of benzene rings is 6.